The van der Waals surface area contributed by atoms with Crippen LogP contribution in [-0.4, -0.2) is 25.7 Å². The highest BCUT2D eigenvalue weighted by molar-refractivity contribution is 7.12. The fourth-order valence-corrected chi connectivity index (χ4v) is 4.09. The average molecular weight is 302 g/mol. The first-order valence-electron chi connectivity index (χ1n) is 7.54. The summed E-state index contributed by atoms with van der Waals surface area (Å²) in [6, 6.07) is 10.5. The van der Waals surface area contributed by atoms with Crippen LogP contribution in [0.25, 0.3) is 11.3 Å². The van der Waals surface area contributed by atoms with Gasteiger partial charge in [-0.1, -0.05) is 30.3 Å². The van der Waals surface area contributed by atoms with Gasteiger partial charge in [-0.05, 0) is 39.3 Å². The molecule has 0 spiro atoms. The highest BCUT2D eigenvalue weighted by atomic mass is 32.1. The lowest BCUT2D eigenvalue weighted by Crippen LogP contribution is -2.35. The van der Waals surface area contributed by atoms with E-state index >= 15 is 0 Å². The minimum absolute atomic E-state index is 0.119. The zero-order valence-corrected chi connectivity index (χ0v) is 13.5. The maximum absolute atomic E-state index is 5.80. The van der Waals surface area contributed by atoms with Gasteiger partial charge in [0.25, 0.3) is 0 Å². The summed E-state index contributed by atoms with van der Waals surface area (Å²) in [4.78, 5) is 6.32. The first-order valence-corrected chi connectivity index (χ1v) is 8.36. The molecule has 1 aliphatic rings. The molecule has 3 rings (SSSR count). The van der Waals surface area contributed by atoms with E-state index in [1.54, 1.807) is 0 Å². The van der Waals surface area contributed by atoms with Gasteiger partial charge < -0.3 is 10.1 Å². The van der Waals surface area contributed by atoms with E-state index in [1.165, 1.54) is 16.9 Å². The van der Waals surface area contributed by atoms with Crippen LogP contribution in [0.4, 0.5) is 0 Å². The third-order valence-electron chi connectivity index (χ3n) is 4.29. The maximum atomic E-state index is 5.80. The normalized spacial score (nSPS) is 16.7. The molecule has 0 radical (unpaired) electrons. The summed E-state index contributed by atoms with van der Waals surface area (Å²) >= 11 is 1.83. The fourth-order valence-electron chi connectivity index (χ4n) is 2.78. The lowest BCUT2D eigenvalue weighted by atomic mass is 9.80. The minimum atomic E-state index is -0.119. The van der Waals surface area contributed by atoms with Crippen molar-refractivity contribution < 1.29 is 4.74 Å². The molecule has 1 heterocycles. The van der Waals surface area contributed by atoms with Gasteiger partial charge in [-0.2, -0.15) is 0 Å². The summed E-state index contributed by atoms with van der Waals surface area (Å²) in [5.41, 5.74) is 2.22. The summed E-state index contributed by atoms with van der Waals surface area (Å²) in [6.07, 6.45) is 4.44. The number of likely N-dealkylation sites (N-methyl/N-ethyl adjacent to an activating group) is 1. The number of hydrogen-bond acceptors (Lipinski definition) is 4. The monoisotopic (exact) mass is 302 g/mol. The van der Waals surface area contributed by atoms with E-state index in [4.69, 9.17) is 9.72 Å². The van der Waals surface area contributed by atoms with E-state index in [0.29, 0.717) is 0 Å². The maximum Gasteiger partial charge on any atom is 0.126 e. The highest BCUT2D eigenvalue weighted by Gasteiger charge is 2.42. The van der Waals surface area contributed by atoms with Crippen LogP contribution >= 0.6 is 11.3 Å². The van der Waals surface area contributed by atoms with Crippen molar-refractivity contribution >= 4 is 11.3 Å². The van der Waals surface area contributed by atoms with Gasteiger partial charge in [0.1, 0.15) is 10.6 Å². The standard InChI is InChI=1S/C17H22N2OS/c1-18-12-9-14-15(13-7-4-3-5-8-13)19-16(21-14)17(20-2)10-6-11-17/h3-5,7-8,18H,6,9-12H2,1-2H3. The van der Waals surface area contributed by atoms with Gasteiger partial charge in [-0.25, -0.2) is 4.98 Å². The Kier molecular flexibility index (Phi) is 4.38. The first-order chi connectivity index (χ1) is 10.3. The molecular formula is C17H22N2OS. The zero-order valence-electron chi connectivity index (χ0n) is 12.7. The Balaban J connectivity index is 1.99. The minimum Gasteiger partial charge on any atom is -0.371 e. The molecule has 1 N–H and O–H groups in total. The Morgan fingerprint density at radius 1 is 1.29 bits per heavy atom. The Bertz CT molecular complexity index is 585. The van der Waals surface area contributed by atoms with Crippen molar-refractivity contribution in [2.75, 3.05) is 20.7 Å². The molecule has 1 fully saturated rings. The van der Waals surface area contributed by atoms with Crippen LogP contribution in [0.5, 0.6) is 0 Å². The topological polar surface area (TPSA) is 34.1 Å². The largest absolute Gasteiger partial charge is 0.371 e. The van der Waals surface area contributed by atoms with E-state index in [1.807, 2.05) is 31.6 Å². The molecule has 0 atom stereocenters. The predicted octanol–water partition coefficient (Wildman–Crippen LogP) is 3.60. The second-order valence-electron chi connectivity index (χ2n) is 5.56. The van der Waals surface area contributed by atoms with Gasteiger partial charge in [-0.3, -0.25) is 0 Å². The molecule has 1 aromatic heterocycles. The van der Waals surface area contributed by atoms with Crippen molar-refractivity contribution in [3.8, 4) is 11.3 Å². The number of nitrogens with one attached hydrogen (secondary N) is 1. The second-order valence-corrected chi connectivity index (χ2v) is 6.65. The molecule has 0 aliphatic heterocycles. The summed E-state index contributed by atoms with van der Waals surface area (Å²) in [6.45, 7) is 0.974. The Morgan fingerprint density at radius 3 is 2.62 bits per heavy atom. The van der Waals surface area contributed by atoms with Crippen molar-refractivity contribution in [2.24, 2.45) is 0 Å². The second kappa shape index (κ2) is 6.26. The third-order valence-corrected chi connectivity index (χ3v) is 5.59. The number of nitrogens with zero attached hydrogens (tertiary/aromatic N) is 1. The zero-order chi connectivity index (χ0) is 14.7. The van der Waals surface area contributed by atoms with Gasteiger partial charge in [0.15, 0.2) is 0 Å². The molecule has 0 unspecified atom stereocenters. The number of thiazole rings is 1. The molecule has 2 aromatic rings. The lowest BCUT2D eigenvalue weighted by Gasteiger charge is -2.38. The number of methoxy groups -OCH3 is 1. The van der Waals surface area contributed by atoms with Crippen molar-refractivity contribution in [3.63, 3.8) is 0 Å². The number of aromatic nitrogens is 1. The SMILES string of the molecule is CNCCc1sc(C2(OC)CCC2)nc1-c1ccccc1. The van der Waals surface area contributed by atoms with Crippen LogP contribution in [0.15, 0.2) is 30.3 Å². The molecule has 1 aliphatic carbocycles. The summed E-state index contributed by atoms with van der Waals surface area (Å²) < 4.78 is 5.80. The predicted molar refractivity (Wildman–Crippen MR) is 87.7 cm³/mol. The van der Waals surface area contributed by atoms with E-state index in [2.05, 4.69) is 29.6 Å². The van der Waals surface area contributed by atoms with Crippen LogP contribution in [0, 0.1) is 0 Å². The molecule has 0 saturated heterocycles. The Labute approximate surface area is 130 Å². The van der Waals surface area contributed by atoms with Gasteiger partial charge in [0.2, 0.25) is 0 Å². The molecule has 3 nitrogen and oxygen atoms in total. The van der Waals surface area contributed by atoms with Gasteiger partial charge in [-0.15, -0.1) is 11.3 Å². The number of rotatable bonds is 6. The number of hydrogen-bond donors (Lipinski definition) is 1. The number of benzene rings is 1. The first kappa shape index (κ1) is 14.7. The van der Waals surface area contributed by atoms with E-state index in [9.17, 15) is 0 Å². The lowest BCUT2D eigenvalue weighted by molar-refractivity contribution is -0.0778. The third kappa shape index (κ3) is 2.76. The van der Waals surface area contributed by atoms with E-state index in [0.717, 1.165) is 36.5 Å². The van der Waals surface area contributed by atoms with Crippen LogP contribution in [0.1, 0.15) is 29.1 Å². The molecule has 21 heavy (non-hydrogen) atoms. The summed E-state index contributed by atoms with van der Waals surface area (Å²) in [5, 5.41) is 4.39. The number of ether oxygens (including phenoxy) is 1. The molecule has 1 saturated carbocycles. The summed E-state index contributed by atoms with van der Waals surface area (Å²) in [7, 11) is 3.81. The van der Waals surface area contributed by atoms with Crippen LogP contribution in [0.2, 0.25) is 0 Å². The molecule has 4 heteroatoms. The molecule has 0 bridgehead atoms. The van der Waals surface area contributed by atoms with Crippen LogP contribution in [0.3, 0.4) is 0 Å². The quantitative estimate of drug-likeness (QED) is 0.885. The molecule has 112 valence electrons. The van der Waals surface area contributed by atoms with Crippen LogP contribution < -0.4 is 5.32 Å². The van der Waals surface area contributed by atoms with Gasteiger partial charge in [0, 0.05) is 17.6 Å². The van der Waals surface area contributed by atoms with Crippen molar-refractivity contribution in [1.82, 2.24) is 10.3 Å². The van der Waals surface area contributed by atoms with E-state index < -0.39 is 0 Å². The fraction of sp³-hybridized carbons (Fsp3) is 0.471. The molecular weight excluding hydrogens is 280 g/mol. The van der Waals surface area contributed by atoms with Crippen molar-refractivity contribution in [1.29, 1.82) is 0 Å². The highest BCUT2D eigenvalue weighted by Crippen LogP contribution is 2.47. The van der Waals surface area contributed by atoms with E-state index in [-0.39, 0.29) is 5.60 Å². The molecule has 0 amide bonds. The Hall–Kier alpha value is -1.23. The molecule has 1 aromatic carbocycles. The van der Waals surface area contributed by atoms with Gasteiger partial charge in [0.05, 0.1) is 5.69 Å². The summed E-state index contributed by atoms with van der Waals surface area (Å²) in [5.74, 6) is 0. The van der Waals surface area contributed by atoms with Crippen molar-refractivity contribution in [3.05, 3.63) is 40.2 Å². The average Bonchev–Trinajstić information content (AvgIpc) is 2.90. The van der Waals surface area contributed by atoms with Gasteiger partial charge >= 0.3 is 0 Å². The Morgan fingerprint density at radius 2 is 2.05 bits per heavy atom. The van der Waals surface area contributed by atoms with Crippen molar-refractivity contribution in [2.45, 2.75) is 31.3 Å². The smallest absolute Gasteiger partial charge is 0.126 e. The van der Waals surface area contributed by atoms with Crippen LogP contribution in [-0.2, 0) is 16.8 Å².